The number of benzene rings is 2. The molecule has 0 saturated heterocycles. The molecule has 0 aromatic heterocycles. The maximum Gasteiger partial charge on any atom is 0.260 e. The van der Waals surface area contributed by atoms with Gasteiger partial charge in [0.25, 0.3) is 11.8 Å². The van der Waals surface area contributed by atoms with Crippen LogP contribution in [0.1, 0.15) is 19.4 Å². The van der Waals surface area contributed by atoms with Gasteiger partial charge in [0.1, 0.15) is 18.1 Å². The Balaban J connectivity index is 1.62. The van der Waals surface area contributed by atoms with Crippen molar-refractivity contribution in [3.8, 4) is 11.5 Å². The van der Waals surface area contributed by atoms with Crippen LogP contribution in [0.5, 0.6) is 11.5 Å². The van der Waals surface area contributed by atoms with Gasteiger partial charge in [-0.1, -0.05) is 24.3 Å². The van der Waals surface area contributed by atoms with Crippen molar-refractivity contribution in [1.29, 1.82) is 0 Å². The van der Waals surface area contributed by atoms with Gasteiger partial charge in [-0.3, -0.25) is 9.59 Å². The van der Waals surface area contributed by atoms with Crippen molar-refractivity contribution >= 4 is 23.6 Å². The molecule has 2 aromatic rings. The molecule has 6 heteroatoms. The third-order valence-corrected chi connectivity index (χ3v) is 4.49. The fourth-order valence-corrected chi connectivity index (χ4v) is 2.93. The Kier molecular flexibility index (Phi) is 6.32. The van der Waals surface area contributed by atoms with E-state index in [1.54, 1.807) is 29.2 Å². The van der Waals surface area contributed by atoms with E-state index in [0.29, 0.717) is 30.1 Å². The van der Waals surface area contributed by atoms with Gasteiger partial charge in [-0.25, -0.2) is 0 Å². The summed E-state index contributed by atoms with van der Waals surface area (Å²) in [4.78, 5) is 26.3. The number of hydrogen-bond donors (Lipinski definition) is 1. The average Bonchev–Trinajstić information content (AvgIpc) is 2.73. The molecule has 1 N–H and O–H groups in total. The average molecular weight is 380 g/mol. The molecule has 0 atom stereocenters. The summed E-state index contributed by atoms with van der Waals surface area (Å²) in [5.74, 6) is 0.998. The van der Waals surface area contributed by atoms with Crippen molar-refractivity contribution in [1.82, 2.24) is 4.90 Å². The lowest BCUT2D eigenvalue weighted by Crippen LogP contribution is -2.34. The minimum atomic E-state index is -0.231. The summed E-state index contributed by atoms with van der Waals surface area (Å²) in [7, 11) is 0. The van der Waals surface area contributed by atoms with Crippen LogP contribution < -0.4 is 14.8 Å². The number of carbonyl (C=O) groups excluding carboxylic acids is 2. The molecular formula is C22H24N2O4. The van der Waals surface area contributed by atoms with Crippen molar-refractivity contribution in [2.24, 2.45) is 0 Å². The molecule has 0 aliphatic carbocycles. The van der Waals surface area contributed by atoms with Crippen molar-refractivity contribution in [2.45, 2.75) is 13.8 Å². The lowest BCUT2D eigenvalue weighted by atomic mass is 10.1. The summed E-state index contributed by atoms with van der Waals surface area (Å²) in [5, 5.41) is 2.85. The molecule has 0 fully saturated rings. The van der Waals surface area contributed by atoms with E-state index in [1.165, 1.54) is 0 Å². The summed E-state index contributed by atoms with van der Waals surface area (Å²) in [5.41, 5.74) is 2.02. The van der Waals surface area contributed by atoms with Gasteiger partial charge in [0.05, 0.1) is 5.57 Å². The van der Waals surface area contributed by atoms with E-state index >= 15 is 0 Å². The molecule has 146 valence electrons. The van der Waals surface area contributed by atoms with Gasteiger partial charge in [0, 0.05) is 30.4 Å². The number of anilines is 1. The van der Waals surface area contributed by atoms with Crippen LogP contribution in [0.25, 0.3) is 6.08 Å². The lowest BCUT2D eigenvalue weighted by Gasteiger charge is -2.19. The molecule has 0 unspecified atom stereocenters. The number of ether oxygens (including phenoxy) is 2. The summed E-state index contributed by atoms with van der Waals surface area (Å²) in [6, 6.07) is 14.6. The highest BCUT2D eigenvalue weighted by Crippen LogP contribution is 2.26. The zero-order chi connectivity index (χ0) is 19.9. The second-order valence-electron chi connectivity index (χ2n) is 6.33. The van der Waals surface area contributed by atoms with E-state index in [4.69, 9.17) is 9.47 Å². The molecule has 1 aliphatic heterocycles. The second-order valence-corrected chi connectivity index (χ2v) is 6.33. The van der Waals surface area contributed by atoms with Crippen LogP contribution in [0.2, 0.25) is 0 Å². The largest absolute Gasteiger partial charge is 0.488 e. The number of hydrogen-bond acceptors (Lipinski definition) is 4. The number of para-hydroxylation sites is 1. The smallest absolute Gasteiger partial charge is 0.260 e. The monoisotopic (exact) mass is 380 g/mol. The molecule has 3 rings (SSSR count). The summed E-state index contributed by atoms with van der Waals surface area (Å²) < 4.78 is 11.2. The van der Waals surface area contributed by atoms with Crippen LogP contribution in [-0.2, 0) is 9.59 Å². The molecule has 0 bridgehead atoms. The van der Waals surface area contributed by atoms with Crippen LogP contribution in [0.15, 0.2) is 54.1 Å². The number of fused-ring (bicyclic) bond motifs is 1. The van der Waals surface area contributed by atoms with Gasteiger partial charge in [-0.15, -0.1) is 0 Å². The Morgan fingerprint density at radius 3 is 2.68 bits per heavy atom. The van der Waals surface area contributed by atoms with Crippen LogP contribution in [0, 0.1) is 0 Å². The van der Waals surface area contributed by atoms with Gasteiger partial charge in [0.2, 0.25) is 0 Å². The zero-order valence-electron chi connectivity index (χ0n) is 16.1. The van der Waals surface area contributed by atoms with Gasteiger partial charge in [-0.05, 0) is 38.1 Å². The molecule has 6 nitrogen and oxygen atoms in total. The highest BCUT2D eigenvalue weighted by Gasteiger charge is 2.17. The SMILES string of the molecule is CCN(CC)C(=O)COc1cccc(NC(=O)C2=Cc3ccccc3OC2)c1. The number of rotatable bonds is 7. The minimum absolute atomic E-state index is 0.0329. The Bertz CT molecular complexity index is 888. The molecule has 0 saturated carbocycles. The van der Waals surface area contributed by atoms with Crippen molar-refractivity contribution in [3.63, 3.8) is 0 Å². The van der Waals surface area contributed by atoms with Gasteiger partial charge < -0.3 is 19.7 Å². The fraction of sp³-hybridized carbons (Fsp3) is 0.273. The molecule has 2 aromatic carbocycles. The molecule has 1 heterocycles. The van der Waals surface area contributed by atoms with Gasteiger partial charge in [0.15, 0.2) is 6.61 Å². The van der Waals surface area contributed by atoms with E-state index in [2.05, 4.69) is 5.32 Å². The van der Waals surface area contributed by atoms with Crippen molar-refractivity contribution < 1.29 is 19.1 Å². The van der Waals surface area contributed by atoms with Crippen LogP contribution in [-0.4, -0.2) is 43.0 Å². The maximum absolute atomic E-state index is 12.6. The highest BCUT2D eigenvalue weighted by molar-refractivity contribution is 6.07. The van der Waals surface area contributed by atoms with E-state index in [1.807, 2.05) is 44.2 Å². The standard InChI is InChI=1S/C22H24N2O4/c1-3-24(4-2)21(25)15-27-19-10-7-9-18(13-19)23-22(26)17-12-16-8-5-6-11-20(16)28-14-17/h5-13H,3-4,14-15H2,1-2H3,(H,23,26). The number of carbonyl (C=O) groups is 2. The predicted octanol–water partition coefficient (Wildman–Crippen LogP) is 3.35. The number of amides is 2. The summed E-state index contributed by atoms with van der Waals surface area (Å²) in [6.07, 6.45) is 1.83. The quantitative estimate of drug-likeness (QED) is 0.800. The molecule has 2 amide bonds. The van der Waals surface area contributed by atoms with Gasteiger partial charge >= 0.3 is 0 Å². The molecule has 0 spiro atoms. The Hall–Kier alpha value is -3.28. The van der Waals surface area contributed by atoms with E-state index < -0.39 is 0 Å². The first-order valence-electron chi connectivity index (χ1n) is 9.35. The molecule has 0 radical (unpaired) electrons. The third kappa shape index (κ3) is 4.71. The third-order valence-electron chi connectivity index (χ3n) is 4.49. The predicted molar refractivity (Wildman–Crippen MR) is 108 cm³/mol. The Labute approximate surface area is 164 Å². The van der Waals surface area contributed by atoms with Crippen LogP contribution >= 0.6 is 0 Å². The molecular weight excluding hydrogens is 356 g/mol. The van der Waals surface area contributed by atoms with E-state index in [-0.39, 0.29) is 25.0 Å². The Morgan fingerprint density at radius 2 is 1.89 bits per heavy atom. The second kappa shape index (κ2) is 9.08. The molecule has 28 heavy (non-hydrogen) atoms. The summed E-state index contributed by atoms with van der Waals surface area (Å²) >= 11 is 0. The summed E-state index contributed by atoms with van der Waals surface area (Å²) in [6.45, 7) is 5.34. The van der Waals surface area contributed by atoms with E-state index in [0.717, 1.165) is 11.3 Å². The Morgan fingerprint density at radius 1 is 1.11 bits per heavy atom. The number of nitrogens with one attached hydrogen (secondary N) is 1. The normalized spacial score (nSPS) is 12.3. The maximum atomic E-state index is 12.6. The first-order chi connectivity index (χ1) is 13.6. The minimum Gasteiger partial charge on any atom is -0.488 e. The van der Waals surface area contributed by atoms with Crippen LogP contribution in [0.3, 0.4) is 0 Å². The van der Waals surface area contributed by atoms with Crippen LogP contribution in [0.4, 0.5) is 5.69 Å². The number of likely N-dealkylation sites (N-methyl/N-ethyl adjacent to an activating group) is 1. The highest BCUT2D eigenvalue weighted by atomic mass is 16.5. The topological polar surface area (TPSA) is 67.9 Å². The lowest BCUT2D eigenvalue weighted by molar-refractivity contribution is -0.133. The first kappa shape index (κ1) is 19.5. The number of nitrogens with zero attached hydrogens (tertiary/aromatic N) is 1. The van der Waals surface area contributed by atoms with Crippen molar-refractivity contribution in [3.05, 3.63) is 59.7 Å². The zero-order valence-corrected chi connectivity index (χ0v) is 16.1. The fourth-order valence-electron chi connectivity index (χ4n) is 2.93. The van der Waals surface area contributed by atoms with E-state index in [9.17, 15) is 9.59 Å². The van der Waals surface area contributed by atoms with Gasteiger partial charge in [-0.2, -0.15) is 0 Å². The molecule has 1 aliphatic rings. The first-order valence-corrected chi connectivity index (χ1v) is 9.35. The van der Waals surface area contributed by atoms with Crippen molar-refractivity contribution in [2.75, 3.05) is 31.6 Å².